The number of thiazole rings is 1. The van der Waals surface area contributed by atoms with Gasteiger partial charge in [0.2, 0.25) is 5.60 Å². The lowest BCUT2D eigenvalue weighted by Gasteiger charge is -2.45. The Labute approximate surface area is 196 Å². The molecule has 18 heteroatoms. The molecule has 0 aliphatic carbocycles. The van der Waals surface area contributed by atoms with Crippen LogP contribution in [0.4, 0.5) is 9.93 Å². The van der Waals surface area contributed by atoms with Crippen molar-refractivity contribution >= 4 is 56.4 Å². The second kappa shape index (κ2) is 9.03. The second-order valence-corrected chi connectivity index (χ2v) is 9.79. The molecule has 34 heavy (non-hydrogen) atoms. The van der Waals surface area contributed by atoms with Crippen molar-refractivity contribution in [2.75, 3.05) is 25.4 Å². The predicted molar refractivity (Wildman–Crippen MR) is 113 cm³/mol. The summed E-state index contributed by atoms with van der Waals surface area (Å²) in [7, 11) is -4.99. The van der Waals surface area contributed by atoms with Crippen molar-refractivity contribution < 1.29 is 46.8 Å². The van der Waals surface area contributed by atoms with E-state index in [-0.39, 0.29) is 34.8 Å². The number of carbonyl (C=O) groups excluding carboxylic acids is 3. The lowest BCUT2D eigenvalue weighted by molar-refractivity contribution is -0.161. The van der Waals surface area contributed by atoms with Crippen LogP contribution in [0.15, 0.2) is 10.5 Å². The largest absolute Gasteiger partial charge is 0.478 e. The lowest BCUT2D eigenvalue weighted by atomic mass is 9.97. The summed E-state index contributed by atoms with van der Waals surface area (Å²) in [6.07, 6.45) is -0.760. The van der Waals surface area contributed by atoms with Crippen molar-refractivity contribution in [1.82, 2.24) is 19.5 Å². The number of aliphatic carboxylic acids is 1. The van der Waals surface area contributed by atoms with Gasteiger partial charge in [0.1, 0.15) is 18.3 Å². The Hall–Kier alpha value is -3.51. The van der Waals surface area contributed by atoms with Gasteiger partial charge in [0.15, 0.2) is 10.8 Å². The number of amides is 3. The van der Waals surface area contributed by atoms with Crippen molar-refractivity contribution in [3.05, 3.63) is 11.1 Å². The van der Waals surface area contributed by atoms with Gasteiger partial charge in [-0.3, -0.25) is 14.1 Å². The zero-order valence-corrected chi connectivity index (χ0v) is 19.3. The van der Waals surface area contributed by atoms with E-state index in [4.69, 9.17) is 15.3 Å². The zero-order chi connectivity index (χ0) is 25.4. The molecule has 5 N–H and O–H groups in total. The number of carboxylic acid groups (broad SMARTS) is 1. The Kier molecular flexibility index (Phi) is 6.67. The average molecular weight is 521 g/mol. The second-order valence-electron chi connectivity index (χ2n) is 7.61. The Morgan fingerprint density at radius 1 is 1.44 bits per heavy atom. The number of nitrogens with zero attached hydrogens (tertiary/aromatic N) is 4. The molecule has 3 rings (SSSR count). The van der Waals surface area contributed by atoms with E-state index in [1.807, 2.05) is 0 Å². The number of carbonyl (C=O) groups is 4. The van der Waals surface area contributed by atoms with Gasteiger partial charge in [0, 0.05) is 11.9 Å². The SMILES string of the molecule is CC(C)(ON=C(C(=O)NC1C(=O)N(S(=O)(=O)O)C1CN1CCOC1=O)c1csc(N)n1)C(=O)O. The van der Waals surface area contributed by atoms with Gasteiger partial charge in [-0.15, -0.1) is 11.3 Å². The third kappa shape index (κ3) is 5.02. The minimum atomic E-state index is -4.99. The molecular formula is C16H20N6O10S2. The summed E-state index contributed by atoms with van der Waals surface area (Å²) in [6, 6.07) is -2.84. The molecule has 3 heterocycles. The van der Waals surface area contributed by atoms with Crippen molar-refractivity contribution in [2.45, 2.75) is 31.5 Å². The monoisotopic (exact) mass is 520 g/mol. The fourth-order valence-corrected chi connectivity index (χ4v) is 4.39. The van der Waals surface area contributed by atoms with Crippen LogP contribution in [0.3, 0.4) is 0 Å². The summed E-state index contributed by atoms with van der Waals surface area (Å²) in [6.45, 7) is 2.13. The topological polar surface area (TPSA) is 231 Å². The highest BCUT2D eigenvalue weighted by Gasteiger charge is 2.55. The number of β-lactam (4-membered cyclic amide) rings is 1. The number of anilines is 1. The molecule has 0 radical (unpaired) electrons. The summed E-state index contributed by atoms with van der Waals surface area (Å²) in [5.74, 6) is -3.63. The van der Waals surface area contributed by atoms with E-state index >= 15 is 0 Å². The third-order valence-electron chi connectivity index (χ3n) is 4.82. The standard InChI is InChI=1S/C16H20N6O10S2/c1-16(2,13(25)26)32-20-9(7-6-33-14(17)18-7)11(23)19-10-8(5-21-3-4-31-15(21)27)22(12(10)24)34(28,29)30/h6,8,10H,3-5H2,1-2H3,(H2,17,18)(H,19,23)(H,25,26)(H,28,29,30). The number of ether oxygens (including phenoxy) is 1. The molecule has 0 spiro atoms. The van der Waals surface area contributed by atoms with E-state index in [1.54, 1.807) is 0 Å². The number of hydrogen-bond donors (Lipinski definition) is 4. The van der Waals surface area contributed by atoms with Crippen LogP contribution in [0.1, 0.15) is 19.5 Å². The molecule has 0 saturated carbocycles. The summed E-state index contributed by atoms with van der Waals surface area (Å²) in [5, 5.41) is 16.4. The zero-order valence-electron chi connectivity index (χ0n) is 17.7. The number of nitrogen functional groups attached to an aromatic ring is 1. The maximum Gasteiger partial charge on any atom is 0.410 e. The van der Waals surface area contributed by atoms with Crippen LogP contribution in [-0.2, 0) is 34.3 Å². The predicted octanol–water partition coefficient (Wildman–Crippen LogP) is -1.74. The first-order valence-corrected chi connectivity index (χ1v) is 11.7. The normalized spacial score (nSPS) is 21.2. The van der Waals surface area contributed by atoms with Crippen LogP contribution in [0.5, 0.6) is 0 Å². The van der Waals surface area contributed by atoms with Gasteiger partial charge in [-0.2, -0.15) is 8.42 Å². The smallest absolute Gasteiger partial charge is 0.410 e. The number of nitrogens with two attached hydrogens (primary N) is 1. The van der Waals surface area contributed by atoms with E-state index in [1.165, 1.54) is 19.2 Å². The van der Waals surface area contributed by atoms with Crippen molar-refractivity contribution in [3.8, 4) is 0 Å². The molecule has 2 aliphatic heterocycles. The molecular weight excluding hydrogens is 500 g/mol. The summed E-state index contributed by atoms with van der Waals surface area (Å²) < 4.78 is 37.6. The number of aromatic nitrogens is 1. The lowest BCUT2D eigenvalue weighted by Crippen LogP contribution is -2.74. The average Bonchev–Trinajstić information content (AvgIpc) is 3.32. The van der Waals surface area contributed by atoms with Crippen molar-refractivity contribution in [2.24, 2.45) is 5.16 Å². The molecule has 2 unspecified atom stereocenters. The van der Waals surface area contributed by atoms with Gasteiger partial charge in [-0.05, 0) is 13.8 Å². The highest BCUT2D eigenvalue weighted by Crippen LogP contribution is 2.26. The number of nitrogens with one attached hydrogen (secondary N) is 1. The van der Waals surface area contributed by atoms with Crippen LogP contribution in [-0.4, -0.2) is 99.2 Å². The van der Waals surface area contributed by atoms with E-state index in [2.05, 4.69) is 15.5 Å². The van der Waals surface area contributed by atoms with E-state index in [0.717, 1.165) is 16.2 Å². The van der Waals surface area contributed by atoms with Gasteiger partial charge >= 0.3 is 22.4 Å². The van der Waals surface area contributed by atoms with Crippen LogP contribution in [0.25, 0.3) is 0 Å². The van der Waals surface area contributed by atoms with Gasteiger partial charge < -0.3 is 30.6 Å². The van der Waals surface area contributed by atoms with Crippen LogP contribution >= 0.6 is 11.3 Å². The number of rotatable bonds is 9. The van der Waals surface area contributed by atoms with E-state index in [0.29, 0.717) is 0 Å². The maximum absolute atomic E-state index is 13.0. The molecule has 186 valence electrons. The van der Waals surface area contributed by atoms with Gasteiger partial charge in [-0.25, -0.2) is 18.9 Å². The number of carboxylic acids is 1. The Balaban J connectivity index is 1.87. The first-order chi connectivity index (χ1) is 15.7. The molecule has 1 aromatic heterocycles. The fraction of sp³-hybridized carbons (Fsp3) is 0.500. The minimum absolute atomic E-state index is 0.0428. The first kappa shape index (κ1) is 25.1. The molecule has 3 amide bonds. The number of hydrogen-bond acceptors (Lipinski definition) is 12. The van der Waals surface area contributed by atoms with Crippen LogP contribution < -0.4 is 11.1 Å². The van der Waals surface area contributed by atoms with Crippen molar-refractivity contribution in [1.29, 1.82) is 0 Å². The highest BCUT2D eigenvalue weighted by atomic mass is 32.2. The Morgan fingerprint density at radius 2 is 2.12 bits per heavy atom. The minimum Gasteiger partial charge on any atom is -0.478 e. The number of cyclic esters (lactones) is 1. The first-order valence-electron chi connectivity index (χ1n) is 9.46. The molecule has 0 aromatic carbocycles. The maximum atomic E-state index is 13.0. The third-order valence-corrected chi connectivity index (χ3v) is 6.44. The fourth-order valence-electron chi connectivity index (χ4n) is 2.97. The van der Waals surface area contributed by atoms with Crippen molar-refractivity contribution in [3.63, 3.8) is 0 Å². The highest BCUT2D eigenvalue weighted by molar-refractivity contribution is 7.84. The van der Waals surface area contributed by atoms with Gasteiger partial charge in [-0.1, -0.05) is 5.16 Å². The van der Waals surface area contributed by atoms with E-state index < -0.39 is 57.6 Å². The molecule has 2 atom stereocenters. The molecule has 2 aliphatic rings. The van der Waals surface area contributed by atoms with Crippen LogP contribution in [0.2, 0.25) is 0 Å². The van der Waals surface area contributed by atoms with Crippen LogP contribution in [0, 0.1) is 0 Å². The molecule has 0 bridgehead atoms. The Bertz CT molecular complexity index is 1160. The summed E-state index contributed by atoms with van der Waals surface area (Å²) >= 11 is 0.943. The molecule has 2 fully saturated rings. The van der Waals surface area contributed by atoms with E-state index in [9.17, 15) is 37.3 Å². The Morgan fingerprint density at radius 3 is 2.62 bits per heavy atom. The van der Waals surface area contributed by atoms with Gasteiger partial charge in [0.05, 0.1) is 12.6 Å². The van der Waals surface area contributed by atoms with Gasteiger partial charge in [0.25, 0.3) is 11.8 Å². The quantitative estimate of drug-likeness (QED) is 0.123. The molecule has 1 aromatic rings. The molecule has 2 saturated heterocycles. The number of oxime groups is 1. The summed E-state index contributed by atoms with van der Waals surface area (Å²) in [4.78, 5) is 58.4. The summed E-state index contributed by atoms with van der Waals surface area (Å²) in [5.41, 5.74) is 3.11. The molecule has 16 nitrogen and oxygen atoms in total.